The number of hydrogen-bond acceptors (Lipinski definition) is 6. The van der Waals surface area contributed by atoms with Crippen molar-refractivity contribution in [2.24, 2.45) is 11.5 Å². The van der Waals surface area contributed by atoms with E-state index in [1.807, 2.05) is 0 Å². The maximum absolute atomic E-state index is 10.8. The summed E-state index contributed by atoms with van der Waals surface area (Å²) in [6, 6.07) is 0. The summed E-state index contributed by atoms with van der Waals surface area (Å²) in [5.41, 5.74) is 11.4. The molecule has 104 valence electrons. The molecule has 8 heteroatoms. The Morgan fingerprint density at radius 1 is 1.32 bits per heavy atom. The number of nitrogens with zero attached hydrogens (tertiary/aromatic N) is 2. The highest BCUT2D eigenvalue weighted by Gasteiger charge is 2.33. The molecule has 5 N–H and O–H groups in total. The third-order valence-electron chi connectivity index (χ3n) is 2.44. The van der Waals surface area contributed by atoms with Crippen LogP contribution in [0.1, 0.15) is 18.5 Å². The van der Waals surface area contributed by atoms with Gasteiger partial charge in [-0.05, 0) is 6.54 Å². The van der Waals surface area contributed by atoms with Crippen LogP contribution in [-0.2, 0) is 20.8 Å². The molecule has 0 aromatic carbocycles. The summed E-state index contributed by atoms with van der Waals surface area (Å²) < 4.78 is 0. The van der Waals surface area contributed by atoms with Crippen LogP contribution < -0.4 is 11.5 Å². The van der Waals surface area contributed by atoms with Gasteiger partial charge in [-0.3, -0.25) is 14.4 Å². The Hall–Kier alpha value is -2.06. The van der Waals surface area contributed by atoms with Crippen LogP contribution in [0.4, 0.5) is 0 Å². The van der Waals surface area contributed by atoms with Gasteiger partial charge < -0.3 is 16.5 Å². The maximum atomic E-state index is 10.8. The maximum Gasteiger partial charge on any atom is 0.249 e. The van der Waals surface area contributed by atoms with Crippen LogP contribution >= 0.6 is 0 Å². The van der Waals surface area contributed by atoms with E-state index in [9.17, 15) is 14.4 Å². The summed E-state index contributed by atoms with van der Waals surface area (Å²) in [6.45, 7) is 0.389. The van der Waals surface area contributed by atoms with Gasteiger partial charge in [0.2, 0.25) is 17.7 Å². The largest absolute Gasteiger partial charge is 0.348 e. The highest BCUT2D eigenvalue weighted by Crippen LogP contribution is 2.10. The van der Waals surface area contributed by atoms with Crippen LogP contribution in [0.5, 0.6) is 0 Å². The quantitative estimate of drug-likeness (QED) is 0.572. The Labute approximate surface area is 110 Å². The summed E-state index contributed by atoms with van der Waals surface area (Å²) in [5, 5.41) is 0. The molecular formula is C11H17N5O3. The Kier molecular flexibility index (Phi) is 5.83. The number of amides is 3. The van der Waals surface area contributed by atoms with Gasteiger partial charge in [-0.15, -0.1) is 0 Å². The number of aromatic amines is 1. The fourth-order valence-electron chi connectivity index (χ4n) is 1.52. The van der Waals surface area contributed by atoms with Gasteiger partial charge in [-0.1, -0.05) is 0 Å². The van der Waals surface area contributed by atoms with Gasteiger partial charge in [0.05, 0.1) is 12.9 Å². The SMILES string of the molecule is NCC(=O)N1C(=O)CCC1=O.NCCc1cnc[nH]1. The van der Waals surface area contributed by atoms with Crippen LogP contribution in [0.3, 0.4) is 0 Å². The molecule has 1 aliphatic rings. The number of likely N-dealkylation sites (tertiary alicyclic amines) is 1. The van der Waals surface area contributed by atoms with E-state index in [1.165, 1.54) is 0 Å². The van der Waals surface area contributed by atoms with Crippen molar-refractivity contribution >= 4 is 17.7 Å². The van der Waals surface area contributed by atoms with Crippen molar-refractivity contribution in [3.8, 4) is 0 Å². The number of nitrogens with one attached hydrogen (secondary N) is 1. The third-order valence-corrected chi connectivity index (χ3v) is 2.44. The van der Waals surface area contributed by atoms with Crippen molar-refractivity contribution in [1.82, 2.24) is 14.9 Å². The minimum atomic E-state index is -0.613. The number of aromatic nitrogens is 2. The second-order valence-electron chi connectivity index (χ2n) is 3.84. The number of hydrogen-bond donors (Lipinski definition) is 3. The first kappa shape index (κ1) is 15.0. The second-order valence-corrected chi connectivity index (χ2v) is 3.84. The van der Waals surface area contributed by atoms with Crippen LogP contribution in [0.2, 0.25) is 0 Å². The Balaban J connectivity index is 0.000000200. The van der Waals surface area contributed by atoms with Gasteiger partial charge in [-0.2, -0.15) is 0 Å². The molecule has 1 aromatic heterocycles. The summed E-state index contributed by atoms with van der Waals surface area (Å²) in [5.74, 6) is -1.49. The zero-order valence-electron chi connectivity index (χ0n) is 10.5. The summed E-state index contributed by atoms with van der Waals surface area (Å²) in [7, 11) is 0. The average Bonchev–Trinajstić information content (AvgIpc) is 3.01. The van der Waals surface area contributed by atoms with E-state index >= 15 is 0 Å². The van der Waals surface area contributed by atoms with Gasteiger partial charge in [0.1, 0.15) is 0 Å². The van der Waals surface area contributed by atoms with E-state index in [2.05, 4.69) is 9.97 Å². The van der Waals surface area contributed by atoms with Crippen molar-refractivity contribution in [2.75, 3.05) is 13.1 Å². The third kappa shape index (κ3) is 4.27. The summed E-state index contributed by atoms with van der Waals surface area (Å²) >= 11 is 0. The Morgan fingerprint density at radius 2 is 1.95 bits per heavy atom. The lowest BCUT2D eigenvalue weighted by Gasteiger charge is -2.08. The second kappa shape index (κ2) is 7.39. The molecule has 2 heterocycles. The smallest absolute Gasteiger partial charge is 0.249 e. The first-order valence-corrected chi connectivity index (χ1v) is 5.86. The fourth-order valence-corrected chi connectivity index (χ4v) is 1.52. The molecule has 0 radical (unpaired) electrons. The number of imide groups is 3. The molecule has 0 bridgehead atoms. The van der Waals surface area contributed by atoms with Gasteiger partial charge in [0, 0.05) is 31.2 Å². The lowest BCUT2D eigenvalue weighted by atomic mass is 10.3. The van der Waals surface area contributed by atoms with Gasteiger partial charge in [-0.25, -0.2) is 9.88 Å². The van der Waals surface area contributed by atoms with Crippen LogP contribution in [-0.4, -0.2) is 45.7 Å². The number of rotatable bonds is 3. The van der Waals surface area contributed by atoms with Gasteiger partial charge in [0.15, 0.2) is 0 Å². The lowest BCUT2D eigenvalue weighted by Crippen LogP contribution is -2.39. The summed E-state index contributed by atoms with van der Waals surface area (Å²) in [4.78, 5) is 39.8. The summed E-state index contributed by atoms with van der Waals surface area (Å²) in [6.07, 6.45) is 4.59. The predicted molar refractivity (Wildman–Crippen MR) is 66.5 cm³/mol. The molecular weight excluding hydrogens is 250 g/mol. The van der Waals surface area contributed by atoms with Gasteiger partial charge in [0.25, 0.3) is 0 Å². The standard InChI is InChI=1S/C6H8N2O3.C5H9N3/c7-3-6(11)8-4(9)1-2-5(8)10;6-2-1-5-3-7-4-8-5/h1-3,7H2;3-4H,1-2,6H2,(H,7,8). The molecule has 1 aliphatic heterocycles. The monoisotopic (exact) mass is 267 g/mol. The molecule has 2 rings (SSSR count). The molecule has 1 fully saturated rings. The fraction of sp³-hybridized carbons (Fsp3) is 0.455. The number of nitrogens with two attached hydrogens (primary N) is 2. The zero-order valence-corrected chi connectivity index (χ0v) is 10.5. The molecule has 3 amide bonds. The molecule has 1 saturated heterocycles. The molecule has 0 unspecified atom stereocenters. The van der Waals surface area contributed by atoms with E-state index < -0.39 is 17.7 Å². The normalized spacial score (nSPS) is 14.3. The molecule has 1 aromatic rings. The topological polar surface area (TPSA) is 135 Å². The van der Waals surface area contributed by atoms with E-state index in [-0.39, 0.29) is 19.4 Å². The molecule has 0 aliphatic carbocycles. The van der Waals surface area contributed by atoms with E-state index in [1.54, 1.807) is 12.5 Å². The van der Waals surface area contributed by atoms with Crippen molar-refractivity contribution in [3.63, 3.8) is 0 Å². The highest BCUT2D eigenvalue weighted by molar-refractivity contribution is 6.15. The van der Waals surface area contributed by atoms with Crippen LogP contribution in [0, 0.1) is 0 Å². The molecule has 8 nitrogen and oxygen atoms in total. The van der Waals surface area contributed by atoms with Crippen molar-refractivity contribution in [2.45, 2.75) is 19.3 Å². The Bertz CT molecular complexity index is 427. The van der Waals surface area contributed by atoms with Gasteiger partial charge >= 0.3 is 0 Å². The van der Waals surface area contributed by atoms with Crippen LogP contribution in [0.25, 0.3) is 0 Å². The van der Waals surface area contributed by atoms with Crippen molar-refractivity contribution < 1.29 is 14.4 Å². The Morgan fingerprint density at radius 3 is 2.37 bits per heavy atom. The first-order valence-electron chi connectivity index (χ1n) is 5.86. The number of imidazole rings is 1. The average molecular weight is 267 g/mol. The lowest BCUT2D eigenvalue weighted by molar-refractivity contribution is -0.148. The number of carbonyl (C=O) groups is 3. The first-order chi connectivity index (χ1) is 9.10. The minimum Gasteiger partial charge on any atom is -0.348 e. The molecule has 0 spiro atoms. The van der Waals surface area contributed by atoms with Crippen molar-refractivity contribution in [3.05, 3.63) is 18.2 Å². The number of carbonyl (C=O) groups excluding carboxylic acids is 3. The number of H-pyrrole nitrogens is 1. The zero-order chi connectivity index (χ0) is 14.3. The highest BCUT2D eigenvalue weighted by atomic mass is 16.2. The van der Waals surface area contributed by atoms with Crippen molar-refractivity contribution in [1.29, 1.82) is 0 Å². The minimum absolute atomic E-state index is 0.130. The van der Waals surface area contributed by atoms with Crippen LogP contribution in [0.15, 0.2) is 12.5 Å². The van der Waals surface area contributed by atoms with E-state index in [0.717, 1.165) is 12.1 Å². The molecule has 19 heavy (non-hydrogen) atoms. The predicted octanol–water partition coefficient (Wildman–Crippen LogP) is -1.47. The molecule has 0 saturated carbocycles. The molecule has 0 atom stereocenters. The van der Waals surface area contributed by atoms with E-state index in [4.69, 9.17) is 11.5 Å². The van der Waals surface area contributed by atoms with E-state index in [0.29, 0.717) is 11.4 Å².